The predicted molar refractivity (Wildman–Crippen MR) is 114 cm³/mol. The summed E-state index contributed by atoms with van der Waals surface area (Å²) in [5.41, 5.74) is 8.06. The Balaban J connectivity index is 1.80. The Morgan fingerprint density at radius 3 is 2.64 bits per heavy atom. The van der Waals surface area contributed by atoms with Crippen molar-refractivity contribution in [3.63, 3.8) is 0 Å². The molecular formula is C19H24N4O3S2. The molecule has 0 fully saturated rings. The summed E-state index contributed by atoms with van der Waals surface area (Å²) in [4.78, 5) is 37.9. The molecule has 0 bridgehead atoms. The molecule has 0 aliphatic rings. The first-order valence-corrected chi connectivity index (χ1v) is 10.9. The molecule has 2 aromatic rings. The van der Waals surface area contributed by atoms with Crippen molar-refractivity contribution in [3.8, 4) is 11.3 Å². The van der Waals surface area contributed by atoms with E-state index in [2.05, 4.69) is 27.8 Å². The van der Waals surface area contributed by atoms with E-state index in [0.717, 1.165) is 24.1 Å². The number of hydrogen-bond donors (Lipinski definition) is 3. The molecular weight excluding hydrogens is 396 g/mol. The minimum atomic E-state index is -0.381. The fourth-order valence-electron chi connectivity index (χ4n) is 2.38. The summed E-state index contributed by atoms with van der Waals surface area (Å²) < 4.78 is 0. The molecule has 9 heteroatoms. The summed E-state index contributed by atoms with van der Waals surface area (Å²) in [6.45, 7) is 2.19. The molecule has 0 saturated heterocycles. The van der Waals surface area contributed by atoms with Crippen molar-refractivity contribution in [2.75, 3.05) is 23.4 Å². The van der Waals surface area contributed by atoms with Crippen molar-refractivity contribution < 1.29 is 14.4 Å². The normalized spacial score (nSPS) is 10.5. The van der Waals surface area contributed by atoms with Crippen LogP contribution in [0.4, 0.5) is 5.13 Å². The van der Waals surface area contributed by atoms with Gasteiger partial charge in [0.25, 0.3) is 0 Å². The minimum absolute atomic E-state index is 0.00816. The van der Waals surface area contributed by atoms with Gasteiger partial charge in [-0.15, -0.1) is 11.3 Å². The smallest absolute Gasteiger partial charge is 0.227 e. The quantitative estimate of drug-likeness (QED) is 0.483. The van der Waals surface area contributed by atoms with Crippen LogP contribution in [0.25, 0.3) is 11.3 Å². The predicted octanol–water partition coefficient (Wildman–Crippen LogP) is 2.43. The topological polar surface area (TPSA) is 114 Å². The monoisotopic (exact) mass is 420 g/mol. The number of primary amides is 1. The van der Waals surface area contributed by atoms with E-state index in [-0.39, 0.29) is 23.5 Å². The van der Waals surface area contributed by atoms with Crippen LogP contribution in [0.3, 0.4) is 0 Å². The molecule has 0 radical (unpaired) electrons. The standard InChI is InChI=1S/C19H24N4O3S2/c1-13(24)21-9-2-3-14-4-6-15(7-5-14)16-11-28-19(22-16)23-18(26)8-10-27-12-17(20)25/h4-7,11H,2-3,8-10,12H2,1H3,(H2,20,25)(H,21,24)(H,22,23,26). The molecule has 1 aromatic carbocycles. The molecule has 0 atom stereocenters. The Bertz CT molecular complexity index is 806. The largest absolute Gasteiger partial charge is 0.369 e. The van der Waals surface area contributed by atoms with Crippen molar-refractivity contribution >= 4 is 46.0 Å². The zero-order chi connectivity index (χ0) is 20.4. The van der Waals surface area contributed by atoms with Gasteiger partial charge in [-0.2, -0.15) is 11.8 Å². The lowest BCUT2D eigenvalue weighted by atomic mass is 10.1. The molecule has 2 rings (SSSR count). The number of aromatic nitrogens is 1. The van der Waals surface area contributed by atoms with Crippen molar-refractivity contribution in [1.82, 2.24) is 10.3 Å². The van der Waals surface area contributed by atoms with Gasteiger partial charge in [-0.1, -0.05) is 24.3 Å². The Kier molecular flexibility index (Phi) is 8.96. The van der Waals surface area contributed by atoms with Gasteiger partial charge < -0.3 is 16.4 Å². The van der Waals surface area contributed by atoms with Crippen LogP contribution in [0.5, 0.6) is 0 Å². The van der Waals surface area contributed by atoms with E-state index in [1.54, 1.807) is 0 Å². The van der Waals surface area contributed by atoms with Crippen LogP contribution in [0.2, 0.25) is 0 Å². The first-order valence-electron chi connectivity index (χ1n) is 8.89. The minimum Gasteiger partial charge on any atom is -0.369 e. The van der Waals surface area contributed by atoms with Gasteiger partial charge in [0.15, 0.2) is 5.13 Å². The second kappa shape index (κ2) is 11.5. The Morgan fingerprint density at radius 2 is 1.96 bits per heavy atom. The van der Waals surface area contributed by atoms with E-state index in [0.29, 0.717) is 23.8 Å². The number of thiazole rings is 1. The van der Waals surface area contributed by atoms with Gasteiger partial charge >= 0.3 is 0 Å². The highest BCUT2D eigenvalue weighted by Gasteiger charge is 2.08. The number of aryl methyl sites for hydroxylation is 1. The average molecular weight is 421 g/mol. The van der Waals surface area contributed by atoms with Crippen LogP contribution in [0, 0.1) is 0 Å². The highest BCUT2D eigenvalue weighted by molar-refractivity contribution is 7.99. The molecule has 1 heterocycles. The Hall–Kier alpha value is -2.39. The van der Waals surface area contributed by atoms with Crippen LogP contribution in [-0.2, 0) is 20.8 Å². The molecule has 0 unspecified atom stereocenters. The summed E-state index contributed by atoms with van der Waals surface area (Å²) in [7, 11) is 0. The molecule has 150 valence electrons. The third-order valence-corrected chi connectivity index (χ3v) is 5.47. The molecule has 3 amide bonds. The first-order chi connectivity index (χ1) is 13.4. The van der Waals surface area contributed by atoms with Crippen molar-refractivity contribution in [2.45, 2.75) is 26.2 Å². The SMILES string of the molecule is CC(=O)NCCCc1ccc(-c2csc(NC(=O)CCSCC(N)=O)n2)cc1. The van der Waals surface area contributed by atoms with Crippen LogP contribution in [-0.4, -0.2) is 40.8 Å². The van der Waals surface area contributed by atoms with E-state index in [9.17, 15) is 14.4 Å². The van der Waals surface area contributed by atoms with E-state index < -0.39 is 0 Å². The highest BCUT2D eigenvalue weighted by Crippen LogP contribution is 2.25. The summed E-state index contributed by atoms with van der Waals surface area (Å²) >= 11 is 2.72. The van der Waals surface area contributed by atoms with E-state index >= 15 is 0 Å². The lowest BCUT2D eigenvalue weighted by molar-refractivity contribution is -0.119. The van der Waals surface area contributed by atoms with Crippen molar-refractivity contribution in [2.24, 2.45) is 5.73 Å². The lowest BCUT2D eigenvalue weighted by Crippen LogP contribution is -2.21. The molecule has 0 spiro atoms. The number of nitrogens with one attached hydrogen (secondary N) is 2. The second-order valence-electron chi connectivity index (χ2n) is 6.14. The molecule has 0 saturated carbocycles. The van der Waals surface area contributed by atoms with E-state index in [4.69, 9.17) is 5.73 Å². The zero-order valence-electron chi connectivity index (χ0n) is 15.7. The fraction of sp³-hybridized carbons (Fsp3) is 0.368. The number of hydrogen-bond acceptors (Lipinski definition) is 6. The molecule has 7 nitrogen and oxygen atoms in total. The number of anilines is 1. The maximum absolute atomic E-state index is 11.9. The molecule has 0 aliphatic heterocycles. The van der Waals surface area contributed by atoms with Gasteiger partial charge in [-0.05, 0) is 18.4 Å². The summed E-state index contributed by atoms with van der Waals surface area (Å²) in [5.74, 6) is 0.237. The number of benzene rings is 1. The number of amides is 3. The van der Waals surface area contributed by atoms with Gasteiger partial charge in [-0.3, -0.25) is 14.4 Å². The summed E-state index contributed by atoms with van der Waals surface area (Å²) in [6.07, 6.45) is 2.09. The van der Waals surface area contributed by atoms with Gasteiger partial charge in [-0.25, -0.2) is 4.98 Å². The van der Waals surface area contributed by atoms with Crippen molar-refractivity contribution in [3.05, 3.63) is 35.2 Å². The maximum Gasteiger partial charge on any atom is 0.227 e. The van der Waals surface area contributed by atoms with E-state index in [1.807, 2.05) is 17.5 Å². The number of thioether (sulfide) groups is 1. The number of carbonyl (C=O) groups excluding carboxylic acids is 3. The summed E-state index contributed by atoms with van der Waals surface area (Å²) in [6, 6.07) is 8.12. The third-order valence-electron chi connectivity index (χ3n) is 3.73. The molecule has 4 N–H and O–H groups in total. The average Bonchev–Trinajstić information content (AvgIpc) is 3.11. The van der Waals surface area contributed by atoms with Gasteiger partial charge in [0.05, 0.1) is 11.4 Å². The number of nitrogens with two attached hydrogens (primary N) is 1. The Labute approximate surface area is 172 Å². The Morgan fingerprint density at radius 1 is 1.21 bits per heavy atom. The molecule has 1 aromatic heterocycles. The van der Waals surface area contributed by atoms with Gasteiger partial charge in [0, 0.05) is 36.6 Å². The number of rotatable bonds is 11. The van der Waals surface area contributed by atoms with Gasteiger partial charge in [0.1, 0.15) is 0 Å². The lowest BCUT2D eigenvalue weighted by Gasteiger charge is -2.04. The third kappa shape index (κ3) is 8.10. The first kappa shape index (κ1) is 21.9. The van der Waals surface area contributed by atoms with Crippen molar-refractivity contribution in [1.29, 1.82) is 0 Å². The second-order valence-corrected chi connectivity index (χ2v) is 8.10. The van der Waals surface area contributed by atoms with Crippen LogP contribution in [0.1, 0.15) is 25.3 Å². The zero-order valence-corrected chi connectivity index (χ0v) is 17.3. The molecule has 28 heavy (non-hydrogen) atoms. The highest BCUT2D eigenvalue weighted by atomic mass is 32.2. The van der Waals surface area contributed by atoms with Crippen LogP contribution in [0.15, 0.2) is 29.6 Å². The van der Waals surface area contributed by atoms with Crippen LogP contribution < -0.4 is 16.4 Å². The van der Waals surface area contributed by atoms with Gasteiger partial charge in [0.2, 0.25) is 17.7 Å². The number of carbonyl (C=O) groups is 3. The van der Waals surface area contributed by atoms with Crippen LogP contribution >= 0.6 is 23.1 Å². The fourth-order valence-corrected chi connectivity index (χ4v) is 3.79. The maximum atomic E-state index is 11.9. The summed E-state index contributed by atoms with van der Waals surface area (Å²) in [5, 5.41) is 8.03. The van der Waals surface area contributed by atoms with E-state index in [1.165, 1.54) is 35.6 Å². The molecule has 0 aliphatic carbocycles. The number of nitrogens with zero attached hydrogens (tertiary/aromatic N) is 1.